The standard InChI is InChI=1S/C14H18N4O3/c1-8-12(15)13(18-17-8)14(19)16-7-9-4-5-10(20-2)6-11(9)21-3/h4-6H,7,15H2,1-3H3,(H,16,19)(H,17,18). The lowest BCUT2D eigenvalue weighted by Gasteiger charge is -2.11. The SMILES string of the molecule is COc1ccc(CNC(=O)c2n[nH]c(C)c2N)c(OC)c1. The number of carbonyl (C=O) groups is 1. The second-order valence-corrected chi connectivity index (χ2v) is 4.47. The van der Waals surface area contributed by atoms with Crippen LogP contribution in [0.2, 0.25) is 0 Å². The Morgan fingerprint density at radius 1 is 1.38 bits per heavy atom. The molecule has 0 bridgehead atoms. The average molecular weight is 290 g/mol. The first-order chi connectivity index (χ1) is 10.1. The summed E-state index contributed by atoms with van der Waals surface area (Å²) in [5, 5.41) is 9.32. The van der Waals surface area contributed by atoms with Crippen molar-refractivity contribution < 1.29 is 14.3 Å². The molecule has 1 aromatic carbocycles. The number of methoxy groups -OCH3 is 2. The monoisotopic (exact) mass is 290 g/mol. The number of nitrogen functional groups attached to an aromatic ring is 1. The Labute approximate surface area is 122 Å². The Morgan fingerprint density at radius 3 is 2.71 bits per heavy atom. The number of nitrogens with two attached hydrogens (primary N) is 1. The normalized spacial score (nSPS) is 10.2. The van der Waals surface area contributed by atoms with E-state index < -0.39 is 0 Å². The van der Waals surface area contributed by atoms with Gasteiger partial charge in [0.05, 0.1) is 25.6 Å². The van der Waals surface area contributed by atoms with Crippen LogP contribution in [0.25, 0.3) is 0 Å². The highest BCUT2D eigenvalue weighted by Crippen LogP contribution is 2.24. The maximum atomic E-state index is 12.0. The second-order valence-electron chi connectivity index (χ2n) is 4.47. The van der Waals surface area contributed by atoms with Gasteiger partial charge in [-0.25, -0.2) is 0 Å². The quantitative estimate of drug-likeness (QED) is 0.769. The fourth-order valence-electron chi connectivity index (χ4n) is 1.87. The van der Waals surface area contributed by atoms with Gasteiger partial charge in [0, 0.05) is 18.2 Å². The topological polar surface area (TPSA) is 102 Å². The molecule has 0 saturated heterocycles. The van der Waals surface area contributed by atoms with Crippen molar-refractivity contribution in [1.29, 1.82) is 0 Å². The van der Waals surface area contributed by atoms with Crippen molar-refractivity contribution in [2.45, 2.75) is 13.5 Å². The molecule has 0 unspecified atom stereocenters. The van der Waals surface area contributed by atoms with Gasteiger partial charge in [-0.15, -0.1) is 0 Å². The second kappa shape index (κ2) is 6.17. The van der Waals surface area contributed by atoms with Crippen molar-refractivity contribution in [1.82, 2.24) is 15.5 Å². The van der Waals surface area contributed by atoms with Crippen LogP contribution in [0.4, 0.5) is 5.69 Å². The fraction of sp³-hybridized carbons (Fsp3) is 0.286. The lowest BCUT2D eigenvalue weighted by atomic mass is 10.2. The number of carbonyl (C=O) groups excluding carboxylic acids is 1. The Kier molecular flexibility index (Phi) is 4.32. The number of hydrogen-bond donors (Lipinski definition) is 3. The summed E-state index contributed by atoms with van der Waals surface area (Å²) in [6.45, 7) is 2.06. The van der Waals surface area contributed by atoms with E-state index in [-0.39, 0.29) is 11.6 Å². The molecule has 0 aliphatic heterocycles. The molecular formula is C14H18N4O3. The number of aromatic nitrogens is 2. The van der Waals surface area contributed by atoms with E-state index in [1.54, 1.807) is 33.3 Å². The summed E-state index contributed by atoms with van der Waals surface area (Å²) in [6.07, 6.45) is 0. The Morgan fingerprint density at radius 2 is 2.14 bits per heavy atom. The van der Waals surface area contributed by atoms with Crippen LogP contribution >= 0.6 is 0 Å². The van der Waals surface area contributed by atoms with E-state index in [9.17, 15) is 4.79 Å². The molecule has 0 aliphatic rings. The number of nitrogens with one attached hydrogen (secondary N) is 2. The number of rotatable bonds is 5. The molecule has 1 amide bonds. The van der Waals surface area contributed by atoms with E-state index in [2.05, 4.69) is 15.5 Å². The molecule has 112 valence electrons. The largest absolute Gasteiger partial charge is 0.497 e. The minimum atomic E-state index is -0.338. The fourth-order valence-corrected chi connectivity index (χ4v) is 1.87. The first kappa shape index (κ1) is 14.7. The number of aryl methyl sites for hydroxylation is 1. The highest BCUT2D eigenvalue weighted by Gasteiger charge is 2.15. The summed E-state index contributed by atoms with van der Waals surface area (Å²) in [7, 11) is 3.15. The van der Waals surface area contributed by atoms with Gasteiger partial charge in [-0.3, -0.25) is 9.89 Å². The molecule has 7 nitrogen and oxygen atoms in total. The Bertz CT molecular complexity index is 652. The van der Waals surface area contributed by atoms with Crippen molar-refractivity contribution in [3.63, 3.8) is 0 Å². The number of anilines is 1. The average Bonchev–Trinajstić information content (AvgIpc) is 2.84. The zero-order chi connectivity index (χ0) is 15.4. The zero-order valence-corrected chi connectivity index (χ0v) is 12.2. The Hall–Kier alpha value is -2.70. The molecule has 2 aromatic rings. The number of amides is 1. The van der Waals surface area contributed by atoms with Gasteiger partial charge in [0.2, 0.25) is 0 Å². The van der Waals surface area contributed by atoms with Crippen molar-refractivity contribution in [3.05, 3.63) is 35.2 Å². The van der Waals surface area contributed by atoms with Gasteiger partial charge in [0.15, 0.2) is 5.69 Å². The van der Waals surface area contributed by atoms with Crippen LogP contribution in [0, 0.1) is 6.92 Å². The number of benzene rings is 1. The minimum Gasteiger partial charge on any atom is -0.497 e. The number of aromatic amines is 1. The summed E-state index contributed by atoms with van der Waals surface area (Å²) in [5.74, 6) is 0.990. The summed E-state index contributed by atoms with van der Waals surface area (Å²) in [4.78, 5) is 12.0. The lowest BCUT2D eigenvalue weighted by molar-refractivity contribution is 0.0946. The first-order valence-corrected chi connectivity index (χ1v) is 6.36. The van der Waals surface area contributed by atoms with E-state index in [0.29, 0.717) is 29.4 Å². The molecule has 0 spiro atoms. The number of hydrogen-bond acceptors (Lipinski definition) is 5. The van der Waals surface area contributed by atoms with Gasteiger partial charge in [0.1, 0.15) is 11.5 Å². The summed E-state index contributed by atoms with van der Waals surface area (Å²) in [5.41, 5.74) is 7.82. The number of H-pyrrole nitrogens is 1. The van der Waals surface area contributed by atoms with Gasteiger partial charge >= 0.3 is 0 Å². The molecule has 1 heterocycles. The summed E-state index contributed by atoms with van der Waals surface area (Å²) >= 11 is 0. The smallest absolute Gasteiger partial charge is 0.274 e. The lowest BCUT2D eigenvalue weighted by Crippen LogP contribution is -2.24. The van der Waals surface area contributed by atoms with Crippen LogP contribution in [0.15, 0.2) is 18.2 Å². The third kappa shape index (κ3) is 3.07. The van der Waals surface area contributed by atoms with Gasteiger partial charge in [0.25, 0.3) is 5.91 Å². The van der Waals surface area contributed by atoms with Crippen molar-refractivity contribution in [3.8, 4) is 11.5 Å². The predicted octanol–water partition coefficient (Wildman–Crippen LogP) is 1.25. The third-order valence-corrected chi connectivity index (χ3v) is 3.14. The van der Waals surface area contributed by atoms with Gasteiger partial charge < -0.3 is 20.5 Å². The van der Waals surface area contributed by atoms with Crippen LogP contribution in [0.3, 0.4) is 0 Å². The van der Waals surface area contributed by atoms with Crippen LogP contribution in [0.1, 0.15) is 21.7 Å². The minimum absolute atomic E-state index is 0.194. The molecule has 2 rings (SSSR count). The van der Waals surface area contributed by atoms with E-state index in [4.69, 9.17) is 15.2 Å². The highest BCUT2D eigenvalue weighted by molar-refractivity contribution is 5.97. The Balaban J connectivity index is 2.09. The van der Waals surface area contributed by atoms with Crippen molar-refractivity contribution in [2.75, 3.05) is 20.0 Å². The van der Waals surface area contributed by atoms with Gasteiger partial charge in [-0.1, -0.05) is 0 Å². The third-order valence-electron chi connectivity index (χ3n) is 3.14. The van der Waals surface area contributed by atoms with Gasteiger partial charge in [-0.05, 0) is 19.1 Å². The molecular weight excluding hydrogens is 272 g/mol. The summed E-state index contributed by atoms with van der Waals surface area (Å²) < 4.78 is 10.4. The van der Waals surface area contributed by atoms with Crippen LogP contribution in [-0.4, -0.2) is 30.3 Å². The van der Waals surface area contributed by atoms with E-state index in [1.165, 1.54) is 0 Å². The number of nitrogens with zero attached hydrogens (tertiary/aromatic N) is 1. The van der Waals surface area contributed by atoms with Crippen LogP contribution in [-0.2, 0) is 6.54 Å². The molecule has 0 radical (unpaired) electrons. The molecule has 0 aliphatic carbocycles. The molecule has 0 saturated carbocycles. The van der Waals surface area contributed by atoms with E-state index >= 15 is 0 Å². The highest BCUT2D eigenvalue weighted by atomic mass is 16.5. The molecule has 0 fully saturated rings. The number of ether oxygens (including phenoxy) is 2. The molecule has 4 N–H and O–H groups in total. The molecule has 1 aromatic heterocycles. The van der Waals surface area contributed by atoms with Crippen LogP contribution < -0.4 is 20.5 Å². The van der Waals surface area contributed by atoms with Crippen molar-refractivity contribution >= 4 is 11.6 Å². The summed E-state index contributed by atoms with van der Waals surface area (Å²) in [6, 6.07) is 5.39. The predicted molar refractivity (Wildman–Crippen MR) is 78.5 cm³/mol. The zero-order valence-electron chi connectivity index (χ0n) is 12.2. The molecule has 7 heteroatoms. The van der Waals surface area contributed by atoms with Crippen molar-refractivity contribution in [2.24, 2.45) is 0 Å². The molecule has 21 heavy (non-hydrogen) atoms. The molecule has 0 atom stereocenters. The maximum absolute atomic E-state index is 12.0. The first-order valence-electron chi connectivity index (χ1n) is 6.36. The van der Waals surface area contributed by atoms with E-state index in [1.807, 2.05) is 6.07 Å². The van der Waals surface area contributed by atoms with E-state index in [0.717, 1.165) is 5.56 Å². The van der Waals surface area contributed by atoms with Crippen LogP contribution in [0.5, 0.6) is 11.5 Å². The maximum Gasteiger partial charge on any atom is 0.274 e. The van der Waals surface area contributed by atoms with Gasteiger partial charge in [-0.2, -0.15) is 5.10 Å².